The SMILES string of the molecule is Clc1nc(OCCCCOc2nc(Cl)nc(-c3ccccc3)n2)nc(-c2ccccc2)n1. The molecule has 162 valence electrons. The summed E-state index contributed by atoms with van der Waals surface area (Å²) in [6.07, 6.45) is 1.41. The Morgan fingerprint density at radius 3 is 1.34 bits per heavy atom. The van der Waals surface area contributed by atoms with E-state index in [1.165, 1.54) is 0 Å². The van der Waals surface area contributed by atoms with E-state index in [-0.39, 0.29) is 22.6 Å². The maximum atomic E-state index is 6.01. The summed E-state index contributed by atoms with van der Waals surface area (Å²) in [5.41, 5.74) is 1.67. The Morgan fingerprint density at radius 1 is 0.531 bits per heavy atom. The van der Waals surface area contributed by atoms with E-state index >= 15 is 0 Å². The van der Waals surface area contributed by atoms with Gasteiger partial charge in [0.15, 0.2) is 11.6 Å². The Bertz CT molecular complexity index is 1070. The highest BCUT2D eigenvalue weighted by Gasteiger charge is 2.09. The van der Waals surface area contributed by atoms with E-state index in [0.29, 0.717) is 37.7 Å². The van der Waals surface area contributed by atoms with Gasteiger partial charge < -0.3 is 9.47 Å². The van der Waals surface area contributed by atoms with Crippen molar-refractivity contribution in [2.45, 2.75) is 12.8 Å². The number of ether oxygens (including phenoxy) is 2. The summed E-state index contributed by atoms with van der Waals surface area (Å²) in [6, 6.07) is 19.4. The Kier molecular flexibility index (Phi) is 7.37. The van der Waals surface area contributed by atoms with Gasteiger partial charge in [0.05, 0.1) is 13.2 Å². The van der Waals surface area contributed by atoms with Crippen LogP contribution in [0.3, 0.4) is 0 Å². The molecule has 0 aliphatic rings. The molecular formula is C22H18Cl2N6O2. The van der Waals surface area contributed by atoms with Crippen molar-refractivity contribution in [3.63, 3.8) is 0 Å². The highest BCUT2D eigenvalue weighted by Crippen LogP contribution is 2.20. The monoisotopic (exact) mass is 468 g/mol. The van der Waals surface area contributed by atoms with Gasteiger partial charge in [0.2, 0.25) is 10.6 Å². The lowest BCUT2D eigenvalue weighted by molar-refractivity contribution is 0.245. The average molecular weight is 469 g/mol. The summed E-state index contributed by atoms with van der Waals surface area (Å²) in [7, 11) is 0. The smallest absolute Gasteiger partial charge is 0.321 e. The molecule has 0 unspecified atom stereocenters. The van der Waals surface area contributed by atoms with Crippen molar-refractivity contribution in [2.75, 3.05) is 13.2 Å². The first-order valence-corrected chi connectivity index (χ1v) is 10.6. The molecule has 2 aromatic heterocycles. The fourth-order valence-electron chi connectivity index (χ4n) is 2.76. The average Bonchev–Trinajstić information content (AvgIpc) is 2.82. The van der Waals surface area contributed by atoms with E-state index in [4.69, 9.17) is 32.7 Å². The zero-order chi connectivity index (χ0) is 22.2. The summed E-state index contributed by atoms with van der Waals surface area (Å²) < 4.78 is 11.3. The minimum Gasteiger partial charge on any atom is -0.463 e. The van der Waals surface area contributed by atoms with E-state index < -0.39 is 0 Å². The summed E-state index contributed by atoms with van der Waals surface area (Å²) in [5, 5.41) is 0.163. The molecule has 0 saturated carbocycles. The minimum atomic E-state index is 0.0816. The highest BCUT2D eigenvalue weighted by molar-refractivity contribution is 6.28. The normalized spacial score (nSPS) is 10.7. The standard InChI is InChI=1S/C22H18Cl2N6O2/c23-19-25-17(15-9-3-1-4-10-15)27-21(29-19)31-13-7-8-14-32-22-28-18(26-20(24)30-22)16-11-5-2-6-12-16/h1-6,9-12H,7-8,13-14H2. The molecule has 4 aromatic rings. The van der Waals surface area contributed by atoms with Gasteiger partial charge in [0, 0.05) is 11.1 Å². The lowest BCUT2D eigenvalue weighted by Gasteiger charge is -2.08. The number of benzene rings is 2. The second-order valence-corrected chi connectivity index (χ2v) is 7.23. The van der Waals surface area contributed by atoms with Gasteiger partial charge in [-0.05, 0) is 36.0 Å². The molecule has 0 aliphatic carbocycles. The van der Waals surface area contributed by atoms with E-state index in [2.05, 4.69) is 29.9 Å². The summed E-state index contributed by atoms with van der Waals surface area (Å²) >= 11 is 12.0. The van der Waals surface area contributed by atoms with Crippen molar-refractivity contribution >= 4 is 23.2 Å². The Labute approximate surface area is 194 Å². The van der Waals surface area contributed by atoms with Crippen LogP contribution < -0.4 is 9.47 Å². The molecule has 32 heavy (non-hydrogen) atoms. The van der Waals surface area contributed by atoms with Crippen LogP contribution in [0.25, 0.3) is 22.8 Å². The molecule has 0 saturated heterocycles. The van der Waals surface area contributed by atoms with Gasteiger partial charge in [-0.3, -0.25) is 0 Å². The van der Waals surface area contributed by atoms with Crippen LogP contribution in [0, 0.1) is 0 Å². The quantitative estimate of drug-likeness (QED) is 0.318. The van der Waals surface area contributed by atoms with Gasteiger partial charge in [-0.25, -0.2) is 0 Å². The first-order valence-electron chi connectivity index (χ1n) is 9.87. The van der Waals surface area contributed by atoms with E-state index in [1.807, 2.05) is 60.7 Å². The minimum absolute atomic E-state index is 0.0816. The van der Waals surface area contributed by atoms with Crippen molar-refractivity contribution < 1.29 is 9.47 Å². The summed E-state index contributed by atoms with van der Waals surface area (Å²) in [5.74, 6) is 0.926. The molecule has 0 atom stereocenters. The largest absolute Gasteiger partial charge is 0.463 e. The molecule has 0 radical (unpaired) electrons. The van der Waals surface area contributed by atoms with Gasteiger partial charge in [-0.2, -0.15) is 29.9 Å². The lowest BCUT2D eigenvalue weighted by Crippen LogP contribution is -2.07. The first-order chi connectivity index (χ1) is 15.7. The van der Waals surface area contributed by atoms with E-state index in [0.717, 1.165) is 11.1 Å². The number of halogens is 2. The molecule has 0 fully saturated rings. The topological polar surface area (TPSA) is 95.8 Å². The number of rotatable bonds is 9. The summed E-state index contributed by atoms with van der Waals surface area (Å²) in [4.78, 5) is 25.0. The maximum Gasteiger partial charge on any atom is 0.321 e. The van der Waals surface area contributed by atoms with Gasteiger partial charge >= 0.3 is 12.0 Å². The number of aromatic nitrogens is 6. The van der Waals surface area contributed by atoms with E-state index in [1.54, 1.807) is 0 Å². The van der Waals surface area contributed by atoms with Crippen molar-refractivity contribution in [3.05, 3.63) is 71.2 Å². The number of unbranched alkanes of at least 4 members (excludes halogenated alkanes) is 1. The highest BCUT2D eigenvalue weighted by atomic mass is 35.5. The lowest BCUT2D eigenvalue weighted by atomic mass is 10.2. The molecule has 0 aliphatic heterocycles. The molecule has 0 amide bonds. The van der Waals surface area contributed by atoms with Crippen LogP contribution in [0.15, 0.2) is 60.7 Å². The van der Waals surface area contributed by atoms with Crippen LogP contribution in [-0.4, -0.2) is 43.1 Å². The summed E-state index contributed by atoms with van der Waals surface area (Å²) in [6.45, 7) is 0.788. The second-order valence-electron chi connectivity index (χ2n) is 6.56. The third-order valence-corrected chi connectivity index (χ3v) is 4.58. The van der Waals surface area contributed by atoms with Gasteiger partial charge in [0.25, 0.3) is 0 Å². The zero-order valence-corrected chi connectivity index (χ0v) is 18.4. The molecule has 0 spiro atoms. The van der Waals surface area contributed by atoms with Gasteiger partial charge in [-0.1, -0.05) is 60.7 Å². The van der Waals surface area contributed by atoms with Crippen molar-refractivity contribution in [1.82, 2.24) is 29.9 Å². The predicted octanol–water partition coefficient (Wildman–Crippen LogP) is 4.94. The van der Waals surface area contributed by atoms with Crippen LogP contribution in [0.4, 0.5) is 0 Å². The molecule has 0 N–H and O–H groups in total. The Balaban J connectivity index is 1.26. The Hall–Kier alpha value is -3.36. The zero-order valence-electron chi connectivity index (χ0n) is 16.9. The molecule has 8 nitrogen and oxygen atoms in total. The van der Waals surface area contributed by atoms with Crippen molar-refractivity contribution in [3.8, 4) is 34.8 Å². The number of hydrogen-bond donors (Lipinski definition) is 0. The van der Waals surface area contributed by atoms with Gasteiger partial charge in [0.1, 0.15) is 0 Å². The van der Waals surface area contributed by atoms with Crippen LogP contribution in [0.5, 0.6) is 12.0 Å². The number of hydrogen-bond acceptors (Lipinski definition) is 8. The maximum absolute atomic E-state index is 6.01. The Morgan fingerprint density at radius 2 is 0.938 bits per heavy atom. The van der Waals surface area contributed by atoms with E-state index in [9.17, 15) is 0 Å². The van der Waals surface area contributed by atoms with Crippen LogP contribution >= 0.6 is 23.2 Å². The predicted molar refractivity (Wildman–Crippen MR) is 121 cm³/mol. The fraction of sp³-hybridized carbons (Fsp3) is 0.182. The van der Waals surface area contributed by atoms with Crippen molar-refractivity contribution in [2.24, 2.45) is 0 Å². The number of nitrogens with zero attached hydrogens (tertiary/aromatic N) is 6. The van der Waals surface area contributed by atoms with Gasteiger partial charge in [-0.15, -0.1) is 0 Å². The molecule has 10 heteroatoms. The molecule has 0 bridgehead atoms. The second kappa shape index (κ2) is 10.8. The first kappa shape index (κ1) is 21.9. The van der Waals surface area contributed by atoms with Crippen LogP contribution in [-0.2, 0) is 0 Å². The molecule has 4 rings (SSSR count). The fourth-order valence-corrected chi connectivity index (χ4v) is 3.06. The molecule has 2 aromatic carbocycles. The van der Waals surface area contributed by atoms with Crippen LogP contribution in [0.1, 0.15) is 12.8 Å². The molecular weight excluding hydrogens is 451 g/mol. The van der Waals surface area contributed by atoms with Crippen LogP contribution in [0.2, 0.25) is 10.6 Å². The molecule has 2 heterocycles. The third-order valence-electron chi connectivity index (χ3n) is 4.24. The van der Waals surface area contributed by atoms with Crippen molar-refractivity contribution in [1.29, 1.82) is 0 Å². The third kappa shape index (κ3) is 6.09.